The van der Waals surface area contributed by atoms with Gasteiger partial charge < -0.3 is 10.2 Å². The highest BCUT2D eigenvalue weighted by Gasteiger charge is 2.29. The smallest absolute Gasteiger partial charge is 0.231 e. The first-order chi connectivity index (χ1) is 11.9. The third-order valence-corrected chi connectivity index (χ3v) is 4.90. The van der Waals surface area contributed by atoms with E-state index in [1.807, 2.05) is 39.0 Å². The number of nitrogens with one attached hydrogen (secondary N) is 2. The van der Waals surface area contributed by atoms with Gasteiger partial charge in [-0.25, -0.2) is 0 Å². The van der Waals surface area contributed by atoms with Crippen LogP contribution in [0, 0.1) is 12.3 Å². The molecular weight excluding hydrogens is 314 g/mol. The maximum atomic E-state index is 12.6. The molecule has 1 fully saturated rings. The van der Waals surface area contributed by atoms with Crippen LogP contribution < -0.4 is 5.32 Å². The minimum Gasteiger partial charge on any atom is -0.311 e. The van der Waals surface area contributed by atoms with Crippen LogP contribution in [-0.4, -0.2) is 45.6 Å². The number of rotatable bonds is 6. The van der Waals surface area contributed by atoms with Crippen molar-refractivity contribution in [3.8, 4) is 11.3 Å². The summed E-state index contributed by atoms with van der Waals surface area (Å²) in [5.41, 5.74) is 2.25. The van der Waals surface area contributed by atoms with Gasteiger partial charge in [0.1, 0.15) is 5.82 Å². The summed E-state index contributed by atoms with van der Waals surface area (Å²) in [5.74, 6) is 0.638. The maximum Gasteiger partial charge on any atom is 0.231 e. The molecule has 2 aromatic heterocycles. The summed E-state index contributed by atoms with van der Waals surface area (Å²) in [6, 6.07) is 5.77. The fourth-order valence-electron chi connectivity index (χ4n) is 3.00. The van der Waals surface area contributed by atoms with E-state index in [4.69, 9.17) is 0 Å². The zero-order valence-electron chi connectivity index (χ0n) is 15.3. The average Bonchev–Trinajstić information content (AvgIpc) is 3.25. The third-order valence-electron chi connectivity index (χ3n) is 4.90. The van der Waals surface area contributed by atoms with Gasteiger partial charge in [-0.15, -0.1) is 0 Å². The first kappa shape index (κ1) is 17.6. The number of aromatic amines is 1. The summed E-state index contributed by atoms with van der Waals surface area (Å²) < 4.78 is 0. The summed E-state index contributed by atoms with van der Waals surface area (Å²) >= 11 is 0. The number of nitrogens with zero attached hydrogens (tertiary/aromatic N) is 3. The van der Waals surface area contributed by atoms with Crippen LogP contribution >= 0.6 is 0 Å². The van der Waals surface area contributed by atoms with Crippen LogP contribution in [0.25, 0.3) is 11.3 Å². The lowest BCUT2D eigenvalue weighted by atomic mass is 9.88. The van der Waals surface area contributed by atoms with E-state index in [2.05, 4.69) is 25.4 Å². The molecule has 1 saturated heterocycles. The van der Waals surface area contributed by atoms with Crippen LogP contribution in [0.4, 0.5) is 5.82 Å². The largest absolute Gasteiger partial charge is 0.311 e. The Hall–Kier alpha value is -2.21. The van der Waals surface area contributed by atoms with Gasteiger partial charge in [-0.1, -0.05) is 13.8 Å². The van der Waals surface area contributed by atoms with E-state index in [0.29, 0.717) is 5.82 Å². The molecule has 1 aliphatic heterocycles. The van der Waals surface area contributed by atoms with E-state index in [0.717, 1.165) is 43.0 Å². The third kappa shape index (κ3) is 4.45. The highest BCUT2D eigenvalue weighted by Crippen LogP contribution is 2.25. The molecule has 134 valence electrons. The number of hydrogen-bond donors (Lipinski definition) is 2. The van der Waals surface area contributed by atoms with E-state index in [1.165, 1.54) is 12.8 Å². The molecule has 6 heteroatoms. The second-order valence-electron chi connectivity index (χ2n) is 7.49. The number of aryl methyl sites for hydroxylation is 1. The first-order valence-corrected chi connectivity index (χ1v) is 8.96. The maximum absolute atomic E-state index is 12.6. The minimum absolute atomic E-state index is 0.0175. The Morgan fingerprint density at radius 1 is 1.32 bits per heavy atom. The van der Waals surface area contributed by atoms with Gasteiger partial charge in [0.25, 0.3) is 0 Å². The lowest BCUT2D eigenvalue weighted by molar-refractivity contribution is -0.124. The Morgan fingerprint density at radius 2 is 2.08 bits per heavy atom. The van der Waals surface area contributed by atoms with Crippen molar-refractivity contribution in [2.75, 3.05) is 25.0 Å². The second-order valence-corrected chi connectivity index (χ2v) is 7.49. The number of carbonyl (C=O) groups excluding carboxylic acids is 1. The molecule has 25 heavy (non-hydrogen) atoms. The molecule has 2 aromatic rings. The molecule has 0 aliphatic carbocycles. The molecule has 2 N–H and O–H groups in total. The topological polar surface area (TPSA) is 73.9 Å². The fraction of sp³-hybridized carbons (Fsp3) is 0.526. The number of hydrogen-bond acceptors (Lipinski definition) is 4. The number of likely N-dealkylation sites (tertiary alicyclic amines) is 1. The molecule has 0 bridgehead atoms. The highest BCUT2D eigenvalue weighted by atomic mass is 16.2. The Bertz CT molecular complexity index is 714. The molecule has 3 heterocycles. The Balaban J connectivity index is 1.59. The van der Waals surface area contributed by atoms with Crippen LogP contribution in [0.2, 0.25) is 0 Å². The molecule has 0 spiro atoms. The molecular formula is C19H27N5O. The lowest BCUT2D eigenvalue weighted by Crippen LogP contribution is -2.34. The Kier molecular flexibility index (Phi) is 5.18. The number of anilines is 1. The fourth-order valence-corrected chi connectivity index (χ4v) is 3.00. The Morgan fingerprint density at radius 3 is 2.76 bits per heavy atom. The van der Waals surface area contributed by atoms with Gasteiger partial charge in [-0.3, -0.25) is 14.9 Å². The highest BCUT2D eigenvalue weighted by molar-refractivity contribution is 5.94. The standard InChI is InChI=1S/C19H27N5O/c1-14-6-7-15(13-20-14)16-12-17(23-22-16)21-18(25)19(2,3)8-11-24-9-4-5-10-24/h6-7,12-13H,4-5,8-11H2,1-3H3,(H2,21,22,23,25). The number of carbonyl (C=O) groups is 1. The van der Waals surface area contributed by atoms with Crippen LogP contribution in [0.3, 0.4) is 0 Å². The zero-order valence-corrected chi connectivity index (χ0v) is 15.3. The van der Waals surface area contributed by atoms with E-state index in [1.54, 1.807) is 6.20 Å². The van der Waals surface area contributed by atoms with Gasteiger partial charge in [0.15, 0.2) is 0 Å². The second kappa shape index (κ2) is 7.35. The average molecular weight is 341 g/mol. The van der Waals surface area contributed by atoms with Gasteiger partial charge in [0.05, 0.1) is 5.69 Å². The molecule has 0 unspecified atom stereocenters. The predicted octanol–water partition coefficient (Wildman–Crippen LogP) is 3.23. The van der Waals surface area contributed by atoms with Crippen molar-refractivity contribution in [2.45, 2.75) is 40.0 Å². The van der Waals surface area contributed by atoms with Crippen molar-refractivity contribution in [2.24, 2.45) is 5.41 Å². The Labute approximate surface area is 149 Å². The summed E-state index contributed by atoms with van der Waals surface area (Å²) in [4.78, 5) is 19.4. The van der Waals surface area contributed by atoms with Crippen molar-refractivity contribution in [3.05, 3.63) is 30.1 Å². The van der Waals surface area contributed by atoms with Crippen molar-refractivity contribution in [3.63, 3.8) is 0 Å². The molecule has 1 amide bonds. The van der Waals surface area contributed by atoms with Crippen molar-refractivity contribution in [1.29, 1.82) is 0 Å². The van der Waals surface area contributed by atoms with Crippen LogP contribution in [0.1, 0.15) is 38.8 Å². The number of aromatic nitrogens is 3. The quantitative estimate of drug-likeness (QED) is 0.846. The summed E-state index contributed by atoms with van der Waals surface area (Å²) in [5, 5.41) is 10.1. The zero-order chi connectivity index (χ0) is 17.9. The molecule has 1 aliphatic rings. The van der Waals surface area contributed by atoms with Crippen molar-refractivity contribution < 1.29 is 4.79 Å². The van der Waals surface area contributed by atoms with E-state index in [-0.39, 0.29) is 5.91 Å². The number of amides is 1. The monoisotopic (exact) mass is 341 g/mol. The summed E-state index contributed by atoms with van der Waals surface area (Å²) in [6.45, 7) is 9.24. The van der Waals surface area contributed by atoms with E-state index < -0.39 is 5.41 Å². The molecule has 0 aromatic carbocycles. The minimum atomic E-state index is -0.417. The predicted molar refractivity (Wildman–Crippen MR) is 99.3 cm³/mol. The SMILES string of the molecule is Cc1ccc(-c2cc(NC(=O)C(C)(C)CCN3CCCC3)[nH]n2)cn1. The summed E-state index contributed by atoms with van der Waals surface area (Å²) in [7, 11) is 0. The molecule has 3 rings (SSSR count). The van der Waals surface area contributed by atoms with Crippen molar-refractivity contribution in [1.82, 2.24) is 20.1 Å². The van der Waals surface area contributed by atoms with Crippen LogP contribution in [0.15, 0.2) is 24.4 Å². The van der Waals surface area contributed by atoms with Crippen molar-refractivity contribution >= 4 is 11.7 Å². The molecule has 0 radical (unpaired) electrons. The molecule has 0 saturated carbocycles. The molecule has 0 atom stereocenters. The van der Waals surface area contributed by atoms with Crippen LogP contribution in [-0.2, 0) is 4.79 Å². The van der Waals surface area contributed by atoms with Gasteiger partial charge >= 0.3 is 0 Å². The molecule has 6 nitrogen and oxygen atoms in total. The van der Waals surface area contributed by atoms with Gasteiger partial charge in [0, 0.05) is 28.9 Å². The lowest BCUT2D eigenvalue weighted by Gasteiger charge is -2.26. The van der Waals surface area contributed by atoms with Gasteiger partial charge in [-0.2, -0.15) is 5.10 Å². The summed E-state index contributed by atoms with van der Waals surface area (Å²) in [6.07, 6.45) is 5.19. The first-order valence-electron chi connectivity index (χ1n) is 8.96. The van der Waals surface area contributed by atoms with Crippen LogP contribution in [0.5, 0.6) is 0 Å². The number of pyridine rings is 1. The number of H-pyrrole nitrogens is 1. The van der Waals surface area contributed by atoms with Gasteiger partial charge in [-0.05, 0) is 58.0 Å². The van der Waals surface area contributed by atoms with Gasteiger partial charge in [0.2, 0.25) is 5.91 Å². The normalized spacial score (nSPS) is 15.5. The van der Waals surface area contributed by atoms with E-state index >= 15 is 0 Å². The van der Waals surface area contributed by atoms with E-state index in [9.17, 15) is 4.79 Å².